The standard InChI is InChI=1S/C30H41ClN2O3.CH2O2/c1-3-10-22-17-25(31)12-13-26(22)24-20-33-16-9-7-5-4-6-8-15-32(2)30(35)19-28(34)23-11-14-29(36-21-24)27(33)18-23;2-1-3/h11-14,17-18,24,28,34H,3-10,15-16,19-21H2,1-2H3;1H,(H,2,3). The normalized spacial score (nSPS) is 20.8. The summed E-state index contributed by atoms with van der Waals surface area (Å²) in [7, 11) is 1.84. The average molecular weight is 559 g/mol. The van der Waals surface area contributed by atoms with Gasteiger partial charge in [-0.25, -0.2) is 0 Å². The number of carbonyl (C=O) groups is 2. The summed E-state index contributed by atoms with van der Waals surface area (Å²) in [5, 5.41) is 18.6. The highest BCUT2D eigenvalue weighted by atomic mass is 35.5. The van der Waals surface area contributed by atoms with Gasteiger partial charge in [-0.15, -0.1) is 0 Å². The van der Waals surface area contributed by atoms with Crippen molar-refractivity contribution in [3.8, 4) is 5.75 Å². The molecule has 2 heterocycles. The van der Waals surface area contributed by atoms with E-state index in [9.17, 15) is 9.90 Å². The van der Waals surface area contributed by atoms with E-state index in [-0.39, 0.29) is 24.7 Å². The lowest BCUT2D eigenvalue weighted by molar-refractivity contribution is -0.132. The number of aliphatic hydroxyl groups excluding tert-OH is 1. The van der Waals surface area contributed by atoms with E-state index < -0.39 is 6.10 Å². The maximum atomic E-state index is 12.7. The van der Waals surface area contributed by atoms with Gasteiger partial charge in [-0.3, -0.25) is 9.59 Å². The van der Waals surface area contributed by atoms with Crippen LogP contribution < -0.4 is 9.64 Å². The van der Waals surface area contributed by atoms with Crippen LogP contribution in [0.25, 0.3) is 0 Å². The van der Waals surface area contributed by atoms with Crippen LogP contribution in [0.5, 0.6) is 5.75 Å². The van der Waals surface area contributed by atoms with Crippen LogP contribution in [0.3, 0.4) is 0 Å². The Bertz CT molecular complexity index is 1080. The highest BCUT2D eigenvalue weighted by molar-refractivity contribution is 6.30. The minimum atomic E-state index is -0.827. The second-order valence-electron chi connectivity index (χ2n) is 10.5. The van der Waals surface area contributed by atoms with Gasteiger partial charge in [0.1, 0.15) is 5.75 Å². The predicted octanol–water partition coefficient (Wildman–Crippen LogP) is 6.21. The quantitative estimate of drug-likeness (QED) is 0.435. The molecule has 214 valence electrons. The highest BCUT2D eigenvalue weighted by Crippen LogP contribution is 2.38. The first-order valence-corrected chi connectivity index (χ1v) is 14.6. The molecule has 39 heavy (non-hydrogen) atoms. The molecule has 0 aliphatic carbocycles. The van der Waals surface area contributed by atoms with Crippen molar-refractivity contribution in [3.05, 3.63) is 58.1 Å². The fraction of sp³-hybridized carbons (Fsp3) is 0.548. The van der Waals surface area contributed by atoms with Crippen molar-refractivity contribution in [2.24, 2.45) is 0 Å². The molecule has 1 amide bonds. The molecular weight excluding hydrogens is 516 g/mol. The van der Waals surface area contributed by atoms with E-state index in [1.807, 2.05) is 31.3 Å². The van der Waals surface area contributed by atoms with Crippen molar-refractivity contribution in [1.82, 2.24) is 4.90 Å². The van der Waals surface area contributed by atoms with E-state index in [0.717, 1.165) is 73.8 Å². The number of amides is 1. The Labute approximate surface area is 237 Å². The third-order valence-corrected chi connectivity index (χ3v) is 7.85. The number of fused-ring (bicyclic) bond motifs is 1. The zero-order chi connectivity index (χ0) is 28.2. The largest absolute Gasteiger partial charge is 0.491 e. The lowest BCUT2D eigenvalue weighted by Crippen LogP contribution is -2.30. The maximum absolute atomic E-state index is 12.7. The number of rotatable bonds is 3. The van der Waals surface area contributed by atoms with Crippen molar-refractivity contribution in [3.63, 3.8) is 0 Å². The van der Waals surface area contributed by atoms with E-state index in [0.29, 0.717) is 6.61 Å². The maximum Gasteiger partial charge on any atom is 0.290 e. The predicted molar refractivity (Wildman–Crippen MR) is 156 cm³/mol. The average Bonchev–Trinajstić information content (AvgIpc) is 3.09. The number of halogens is 1. The summed E-state index contributed by atoms with van der Waals surface area (Å²) >= 11 is 6.35. The van der Waals surface area contributed by atoms with Gasteiger partial charge in [-0.1, -0.05) is 62.8 Å². The Balaban J connectivity index is 0.00000134. The number of anilines is 1. The minimum absolute atomic E-state index is 0.0103. The van der Waals surface area contributed by atoms with Gasteiger partial charge in [-0.2, -0.15) is 0 Å². The number of ether oxygens (including phenoxy) is 1. The number of aryl methyl sites for hydroxylation is 1. The van der Waals surface area contributed by atoms with Crippen LogP contribution in [0.4, 0.5) is 5.69 Å². The monoisotopic (exact) mass is 558 g/mol. The molecule has 0 saturated heterocycles. The van der Waals surface area contributed by atoms with E-state index in [4.69, 9.17) is 26.2 Å². The molecule has 7 nitrogen and oxygen atoms in total. The van der Waals surface area contributed by atoms with Crippen LogP contribution in [0.2, 0.25) is 5.02 Å². The molecule has 2 aromatic rings. The molecule has 0 radical (unpaired) electrons. The van der Waals surface area contributed by atoms with Crippen molar-refractivity contribution < 1.29 is 24.5 Å². The molecule has 0 fully saturated rings. The number of benzene rings is 2. The smallest absolute Gasteiger partial charge is 0.290 e. The molecule has 2 unspecified atom stereocenters. The summed E-state index contributed by atoms with van der Waals surface area (Å²) in [4.78, 5) is 25.3. The number of nitrogens with zero attached hydrogens (tertiary/aromatic N) is 2. The SMILES string of the molecule is CCCc1cc(Cl)ccc1C1COc2ccc3cc2N(CCCCCCCCN(C)C(=O)CC3O)C1.O=CO. The van der Waals surface area contributed by atoms with E-state index in [1.165, 1.54) is 30.4 Å². The fourth-order valence-electron chi connectivity index (χ4n) is 5.50. The molecule has 2 aromatic carbocycles. The Morgan fingerprint density at radius 2 is 1.74 bits per heavy atom. The number of carboxylic acid groups (broad SMARTS) is 1. The molecule has 2 aliphatic rings. The van der Waals surface area contributed by atoms with Crippen LogP contribution in [-0.4, -0.2) is 60.8 Å². The molecule has 0 aromatic heterocycles. The first-order chi connectivity index (χ1) is 18.9. The van der Waals surface area contributed by atoms with Gasteiger partial charge >= 0.3 is 0 Å². The first kappa shape index (κ1) is 30.8. The Morgan fingerprint density at radius 3 is 2.46 bits per heavy atom. The van der Waals surface area contributed by atoms with Crippen LogP contribution in [-0.2, 0) is 16.0 Å². The molecule has 2 atom stereocenters. The van der Waals surface area contributed by atoms with Crippen LogP contribution in [0.1, 0.15) is 87.0 Å². The van der Waals surface area contributed by atoms with Gasteiger partial charge < -0.3 is 24.7 Å². The van der Waals surface area contributed by atoms with Crippen molar-refractivity contribution >= 4 is 29.7 Å². The van der Waals surface area contributed by atoms with Gasteiger partial charge in [-0.05, 0) is 60.2 Å². The molecule has 4 rings (SSSR count). The van der Waals surface area contributed by atoms with E-state index in [2.05, 4.69) is 24.0 Å². The Morgan fingerprint density at radius 1 is 1.05 bits per heavy atom. The fourth-order valence-corrected chi connectivity index (χ4v) is 5.69. The minimum Gasteiger partial charge on any atom is -0.491 e. The van der Waals surface area contributed by atoms with E-state index in [1.54, 1.807) is 4.90 Å². The van der Waals surface area contributed by atoms with Crippen LogP contribution >= 0.6 is 11.6 Å². The molecule has 0 spiro atoms. The molecule has 2 bridgehead atoms. The Hall–Kier alpha value is -2.77. The molecule has 0 saturated carbocycles. The summed E-state index contributed by atoms with van der Waals surface area (Å²) in [6, 6.07) is 12.2. The highest BCUT2D eigenvalue weighted by Gasteiger charge is 2.27. The number of hydrogen-bond acceptors (Lipinski definition) is 5. The van der Waals surface area contributed by atoms with Gasteiger partial charge in [0.05, 0.1) is 24.8 Å². The molecule has 2 aliphatic heterocycles. The topological polar surface area (TPSA) is 90.3 Å². The summed E-state index contributed by atoms with van der Waals surface area (Å²) in [6.07, 6.45) is 8.23. The summed E-state index contributed by atoms with van der Waals surface area (Å²) in [5.41, 5.74) is 4.41. The van der Waals surface area contributed by atoms with Crippen molar-refractivity contribution in [2.75, 3.05) is 38.2 Å². The number of hydrogen-bond donors (Lipinski definition) is 2. The van der Waals surface area contributed by atoms with Gasteiger partial charge in [0, 0.05) is 37.6 Å². The van der Waals surface area contributed by atoms with Gasteiger partial charge in [0.15, 0.2) is 0 Å². The number of aliphatic hydroxyl groups is 1. The van der Waals surface area contributed by atoms with E-state index >= 15 is 0 Å². The second kappa shape index (κ2) is 15.7. The van der Waals surface area contributed by atoms with Crippen LogP contribution in [0, 0.1) is 0 Å². The summed E-state index contributed by atoms with van der Waals surface area (Å²) in [5.74, 6) is 1.07. The second-order valence-corrected chi connectivity index (χ2v) is 11.0. The number of carbonyl (C=O) groups excluding carboxylic acids is 1. The lowest BCUT2D eigenvalue weighted by atomic mass is 9.92. The molecule has 8 heteroatoms. The third kappa shape index (κ3) is 8.87. The zero-order valence-electron chi connectivity index (χ0n) is 23.3. The van der Waals surface area contributed by atoms with Gasteiger partial charge in [0.2, 0.25) is 5.91 Å². The zero-order valence-corrected chi connectivity index (χ0v) is 24.0. The van der Waals surface area contributed by atoms with Crippen molar-refractivity contribution in [1.29, 1.82) is 0 Å². The van der Waals surface area contributed by atoms with Gasteiger partial charge in [0.25, 0.3) is 6.47 Å². The lowest BCUT2D eigenvalue weighted by Gasteiger charge is -2.28. The molecule has 2 N–H and O–H groups in total. The molecular formula is C31H43ClN2O5. The Kier molecular flexibility index (Phi) is 12.4. The summed E-state index contributed by atoms with van der Waals surface area (Å²) in [6.45, 7) is 5.11. The van der Waals surface area contributed by atoms with Crippen molar-refractivity contribution in [2.45, 2.75) is 76.7 Å². The first-order valence-electron chi connectivity index (χ1n) is 14.2. The van der Waals surface area contributed by atoms with Crippen LogP contribution in [0.15, 0.2) is 36.4 Å². The third-order valence-electron chi connectivity index (χ3n) is 7.62. The summed E-state index contributed by atoms with van der Waals surface area (Å²) < 4.78 is 6.39.